The number of halogens is 1. The van der Waals surface area contributed by atoms with Crippen LogP contribution in [0.15, 0.2) is 6.33 Å². The Hall–Kier alpha value is -1.20. The molecule has 1 fully saturated rings. The summed E-state index contributed by atoms with van der Waals surface area (Å²) in [5.74, 6) is 1.16. The van der Waals surface area contributed by atoms with E-state index in [0.717, 1.165) is 19.4 Å². The molecule has 2 unspecified atom stereocenters. The van der Waals surface area contributed by atoms with Crippen LogP contribution in [0, 0.1) is 5.92 Å². The fourth-order valence-electron chi connectivity index (χ4n) is 2.51. The molecule has 0 aromatic carbocycles. The van der Waals surface area contributed by atoms with Crippen molar-refractivity contribution >= 4 is 23.7 Å². The Labute approximate surface area is 112 Å². The Balaban J connectivity index is 2.29. The fourth-order valence-corrected chi connectivity index (χ4v) is 2.69. The van der Waals surface area contributed by atoms with Crippen LogP contribution in [0.1, 0.15) is 17.3 Å². The van der Waals surface area contributed by atoms with E-state index in [1.165, 1.54) is 6.33 Å². The SMILES string of the molecule is CC1CN(c2ncnc(Cl)c2C=O)CC1N(C)C. The molecule has 1 aliphatic rings. The molecule has 1 aromatic heterocycles. The number of carbonyl (C=O) groups is 1. The maximum Gasteiger partial charge on any atom is 0.156 e. The first kappa shape index (κ1) is 13.2. The first-order valence-corrected chi connectivity index (χ1v) is 6.29. The lowest BCUT2D eigenvalue weighted by molar-refractivity contribution is 0.112. The van der Waals surface area contributed by atoms with Crippen molar-refractivity contribution in [3.63, 3.8) is 0 Å². The molecule has 2 rings (SSSR count). The number of aromatic nitrogens is 2. The third kappa shape index (κ3) is 2.33. The zero-order chi connectivity index (χ0) is 13.3. The molecule has 0 saturated carbocycles. The Morgan fingerprint density at radius 2 is 2.17 bits per heavy atom. The molecule has 0 amide bonds. The third-order valence-corrected chi connectivity index (χ3v) is 3.77. The van der Waals surface area contributed by atoms with E-state index in [-0.39, 0.29) is 5.15 Å². The molecule has 1 aliphatic heterocycles. The normalized spacial score (nSPS) is 23.7. The van der Waals surface area contributed by atoms with Gasteiger partial charge in [-0.15, -0.1) is 0 Å². The molecular formula is C12H17ClN4O. The lowest BCUT2D eigenvalue weighted by atomic mass is 10.1. The van der Waals surface area contributed by atoms with Crippen molar-refractivity contribution in [3.8, 4) is 0 Å². The van der Waals surface area contributed by atoms with Crippen LogP contribution in [-0.4, -0.2) is 54.4 Å². The minimum atomic E-state index is 0.218. The number of hydrogen-bond acceptors (Lipinski definition) is 5. The molecule has 1 aromatic rings. The molecule has 2 atom stereocenters. The van der Waals surface area contributed by atoms with E-state index in [1.54, 1.807) is 0 Å². The van der Waals surface area contributed by atoms with E-state index in [9.17, 15) is 4.79 Å². The summed E-state index contributed by atoms with van der Waals surface area (Å²) in [6.07, 6.45) is 2.13. The van der Waals surface area contributed by atoms with Gasteiger partial charge in [0.25, 0.3) is 0 Å². The molecule has 0 spiro atoms. The molecular weight excluding hydrogens is 252 g/mol. The van der Waals surface area contributed by atoms with Gasteiger partial charge in [-0.25, -0.2) is 9.97 Å². The number of likely N-dealkylation sites (N-methyl/N-ethyl adjacent to an activating group) is 1. The van der Waals surface area contributed by atoms with Gasteiger partial charge >= 0.3 is 0 Å². The van der Waals surface area contributed by atoms with Crippen LogP contribution in [-0.2, 0) is 0 Å². The van der Waals surface area contributed by atoms with Crippen molar-refractivity contribution in [2.24, 2.45) is 5.92 Å². The maximum absolute atomic E-state index is 11.1. The highest BCUT2D eigenvalue weighted by molar-refractivity contribution is 6.32. The summed E-state index contributed by atoms with van der Waals surface area (Å²) in [4.78, 5) is 23.4. The van der Waals surface area contributed by atoms with Crippen molar-refractivity contribution < 1.29 is 4.79 Å². The third-order valence-electron chi connectivity index (χ3n) is 3.47. The lowest BCUT2D eigenvalue weighted by Crippen LogP contribution is -2.34. The monoisotopic (exact) mass is 268 g/mol. The van der Waals surface area contributed by atoms with Gasteiger partial charge in [0.2, 0.25) is 0 Å². The molecule has 0 N–H and O–H groups in total. The minimum absolute atomic E-state index is 0.218. The number of nitrogens with zero attached hydrogens (tertiary/aromatic N) is 4. The minimum Gasteiger partial charge on any atom is -0.354 e. The molecule has 0 bridgehead atoms. The largest absolute Gasteiger partial charge is 0.354 e. The van der Waals surface area contributed by atoms with Crippen molar-refractivity contribution in [1.29, 1.82) is 0 Å². The zero-order valence-electron chi connectivity index (χ0n) is 10.8. The smallest absolute Gasteiger partial charge is 0.156 e. The van der Waals surface area contributed by atoms with E-state index in [4.69, 9.17) is 11.6 Å². The van der Waals surface area contributed by atoms with Gasteiger partial charge in [0.15, 0.2) is 6.29 Å². The van der Waals surface area contributed by atoms with Gasteiger partial charge in [0, 0.05) is 19.1 Å². The highest BCUT2D eigenvalue weighted by Crippen LogP contribution is 2.28. The van der Waals surface area contributed by atoms with Crippen molar-refractivity contribution in [1.82, 2.24) is 14.9 Å². The quantitative estimate of drug-likeness (QED) is 0.611. The second-order valence-corrected chi connectivity index (χ2v) is 5.29. The average molecular weight is 269 g/mol. The Bertz CT molecular complexity index is 452. The molecule has 0 aliphatic carbocycles. The molecule has 0 radical (unpaired) electrons. The van der Waals surface area contributed by atoms with Gasteiger partial charge in [-0.2, -0.15) is 0 Å². The average Bonchev–Trinajstić information content (AvgIpc) is 2.71. The van der Waals surface area contributed by atoms with Gasteiger partial charge < -0.3 is 9.80 Å². The first-order valence-electron chi connectivity index (χ1n) is 5.91. The number of hydrogen-bond donors (Lipinski definition) is 0. The van der Waals surface area contributed by atoms with E-state index < -0.39 is 0 Å². The highest BCUT2D eigenvalue weighted by Gasteiger charge is 2.33. The molecule has 6 heteroatoms. The second-order valence-electron chi connectivity index (χ2n) is 4.93. The van der Waals surface area contributed by atoms with Crippen molar-refractivity contribution in [2.75, 3.05) is 32.1 Å². The van der Waals surface area contributed by atoms with Crippen molar-refractivity contribution in [2.45, 2.75) is 13.0 Å². The summed E-state index contributed by atoms with van der Waals surface area (Å²) < 4.78 is 0. The fraction of sp³-hybridized carbons (Fsp3) is 0.583. The summed E-state index contributed by atoms with van der Waals surface area (Å²) in [5, 5.41) is 0.218. The van der Waals surface area contributed by atoms with Gasteiger partial charge in [-0.3, -0.25) is 4.79 Å². The van der Waals surface area contributed by atoms with Crippen LogP contribution in [0.2, 0.25) is 5.15 Å². The van der Waals surface area contributed by atoms with Crippen LogP contribution in [0.5, 0.6) is 0 Å². The predicted molar refractivity (Wildman–Crippen MR) is 71.3 cm³/mol. The molecule has 5 nitrogen and oxygen atoms in total. The Morgan fingerprint density at radius 3 is 2.72 bits per heavy atom. The molecule has 1 saturated heterocycles. The topological polar surface area (TPSA) is 49.3 Å². The van der Waals surface area contributed by atoms with Crippen molar-refractivity contribution in [3.05, 3.63) is 17.0 Å². The molecule has 18 heavy (non-hydrogen) atoms. The van der Waals surface area contributed by atoms with Crippen LogP contribution < -0.4 is 4.90 Å². The summed E-state index contributed by atoms with van der Waals surface area (Å²) in [6, 6.07) is 0.457. The number of anilines is 1. The summed E-state index contributed by atoms with van der Waals surface area (Å²) in [5.41, 5.74) is 0.380. The lowest BCUT2D eigenvalue weighted by Gasteiger charge is -2.23. The van der Waals surface area contributed by atoms with Gasteiger partial charge in [-0.05, 0) is 20.0 Å². The second kappa shape index (κ2) is 5.20. The Morgan fingerprint density at radius 1 is 1.44 bits per heavy atom. The standard InChI is InChI=1S/C12H17ClN4O/c1-8-4-17(5-10(8)16(2)3)12-9(6-18)11(13)14-7-15-12/h6-8,10H,4-5H2,1-3H3. The maximum atomic E-state index is 11.1. The van der Waals surface area contributed by atoms with Gasteiger partial charge in [0.05, 0.1) is 5.56 Å². The zero-order valence-corrected chi connectivity index (χ0v) is 11.6. The van der Waals surface area contributed by atoms with Crippen LogP contribution in [0.3, 0.4) is 0 Å². The molecule has 2 heterocycles. The predicted octanol–water partition coefficient (Wildman–Crippen LogP) is 1.33. The first-order chi connectivity index (χ1) is 8.54. The number of rotatable bonds is 3. The number of carbonyl (C=O) groups excluding carboxylic acids is 1. The number of aldehydes is 1. The van der Waals surface area contributed by atoms with E-state index in [0.29, 0.717) is 23.3 Å². The Kier molecular flexibility index (Phi) is 3.82. The van der Waals surface area contributed by atoms with Gasteiger partial charge in [0.1, 0.15) is 17.3 Å². The van der Waals surface area contributed by atoms with E-state index in [2.05, 4.69) is 40.8 Å². The van der Waals surface area contributed by atoms with E-state index >= 15 is 0 Å². The van der Waals surface area contributed by atoms with Gasteiger partial charge in [-0.1, -0.05) is 18.5 Å². The summed E-state index contributed by atoms with van der Waals surface area (Å²) in [6.45, 7) is 3.92. The molecule has 98 valence electrons. The van der Waals surface area contributed by atoms with Crippen LogP contribution in [0.4, 0.5) is 5.82 Å². The summed E-state index contributed by atoms with van der Waals surface area (Å²) >= 11 is 5.92. The van der Waals surface area contributed by atoms with Crippen LogP contribution in [0.25, 0.3) is 0 Å². The van der Waals surface area contributed by atoms with E-state index in [1.807, 2.05) is 0 Å². The summed E-state index contributed by atoms with van der Waals surface area (Å²) in [7, 11) is 4.14. The van der Waals surface area contributed by atoms with Crippen LogP contribution >= 0.6 is 11.6 Å². The highest BCUT2D eigenvalue weighted by atomic mass is 35.5.